The molecule has 276 valence electrons. The van der Waals surface area contributed by atoms with E-state index in [1.165, 1.54) is 27.8 Å². The summed E-state index contributed by atoms with van der Waals surface area (Å²) in [6.07, 6.45) is 6.02. The van der Waals surface area contributed by atoms with Gasteiger partial charge in [0.2, 0.25) is 0 Å². The summed E-state index contributed by atoms with van der Waals surface area (Å²) in [6, 6.07) is 43.6. The maximum atomic E-state index is 6.59. The molecule has 54 heavy (non-hydrogen) atoms. The van der Waals surface area contributed by atoms with Gasteiger partial charge in [0.25, 0.3) is 0 Å². The fraction of sp³-hybridized carbons (Fsp3) is 0.208. The molecule has 6 aromatic rings. The Bertz CT molecular complexity index is 2370. The summed E-state index contributed by atoms with van der Waals surface area (Å²) in [5.41, 5.74) is 13.5. The van der Waals surface area contributed by atoms with Crippen LogP contribution in [0.2, 0.25) is 0 Å². The number of nitrogens with zero attached hydrogens (tertiary/aromatic N) is 4. The zero-order valence-electron chi connectivity index (χ0n) is 32.1. The van der Waals surface area contributed by atoms with Crippen molar-refractivity contribution in [1.29, 1.82) is 0 Å². The average Bonchev–Trinajstić information content (AvgIpc) is 3.60. The summed E-state index contributed by atoms with van der Waals surface area (Å²) in [7, 11) is 0. The third-order valence-corrected chi connectivity index (χ3v) is 10.2. The van der Waals surface area contributed by atoms with Crippen molar-refractivity contribution in [2.24, 2.45) is 0 Å². The van der Waals surface area contributed by atoms with Crippen LogP contribution in [0.3, 0.4) is 0 Å². The van der Waals surface area contributed by atoms with Gasteiger partial charge in [-0.05, 0) is 101 Å². The Morgan fingerprint density at radius 3 is 2.00 bits per heavy atom. The number of ether oxygens (including phenoxy) is 1. The molecule has 3 heterocycles. The van der Waals surface area contributed by atoms with Crippen LogP contribution in [0.25, 0.3) is 22.3 Å². The number of hydrogen-bond donors (Lipinski definition) is 0. The summed E-state index contributed by atoms with van der Waals surface area (Å²) in [4.78, 5) is 11.4. The molecule has 0 atom stereocenters. The number of anilines is 5. The van der Waals surface area contributed by atoms with Crippen LogP contribution in [-0.2, 0) is 31.3 Å². The van der Waals surface area contributed by atoms with Crippen molar-refractivity contribution in [3.05, 3.63) is 163 Å². The molecule has 0 bridgehead atoms. The Kier molecular flexibility index (Phi) is 9.81. The SMILES string of the molecule is Cc1cc2c(cc1C)N(c1cc(C(C)(C)C)ccn1)c1[c-]c(Oc3[c-]c(N4C=CN(c5ccc(C(C)(C)C)cc5)[CH-]4)ccc3)ccc1-c1ccccc1-2.[Pd]. The second-order valence-corrected chi connectivity index (χ2v) is 16.1. The van der Waals surface area contributed by atoms with E-state index in [1.54, 1.807) is 0 Å². The summed E-state index contributed by atoms with van der Waals surface area (Å²) >= 11 is 0. The van der Waals surface area contributed by atoms with Gasteiger partial charge in [0.15, 0.2) is 0 Å². The van der Waals surface area contributed by atoms with Gasteiger partial charge in [-0.1, -0.05) is 89.2 Å². The van der Waals surface area contributed by atoms with Gasteiger partial charge in [0.05, 0.1) is 5.69 Å². The molecular formula is C48H45N4OPd-3. The molecule has 0 radical (unpaired) electrons. The molecule has 5 nitrogen and oxygen atoms in total. The largest absolute Gasteiger partial charge is 0.509 e. The Morgan fingerprint density at radius 2 is 1.28 bits per heavy atom. The molecule has 1 aromatic heterocycles. The first-order valence-electron chi connectivity index (χ1n) is 18.3. The van der Waals surface area contributed by atoms with E-state index < -0.39 is 0 Å². The standard InChI is InChI=1S/C48H45N4O.Pd/c1-32-26-43-41-15-10-9-14-40(41)42-21-20-39(30-45(42)52(44(43)27-33(32)2)46-28-35(22-23-49-46)48(6,7)8)53-38-13-11-12-37(29-38)51-25-24-50(31-51)36-18-16-34(17-19-36)47(3,4)5;/h9-28,31H,1-8H3;/q-3;. The number of rotatable bonds is 5. The van der Waals surface area contributed by atoms with Gasteiger partial charge in [0.1, 0.15) is 5.82 Å². The van der Waals surface area contributed by atoms with E-state index in [9.17, 15) is 0 Å². The van der Waals surface area contributed by atoms with Gasteiger partial charge in [0, 0.05) is 49.4 Å². The third kappa shape index (κ3) is 7.09. The monoisotopic (exact) mass is 799 g/mol. The average molecular weight is 800 g/mol. The predicted octanol–water partition coefficient (Wildman–Crippen LogP) is 12.7. The molecule has 0 aliphatic carbocycles. The van der Waals surface area contributed by atoms with Crippen molar-refractivity contribution in [3.63, 3.8) is 0 Å². The van der Waals surface area contributed by atoms with Crippen LogP contribution in [0.15, 0.2) is 122 Å². The number of benzene rings is 5. The van der Waals surface area contributed by atoms with Gasteiger partial charge in [-0.3, -0.25) is 0 Å². The maximum Gasteiger partial charge on any atom is 0.135 e. The molecule has 0 saturated carbocycles. The molecule has 2 aliphatic heterocycles. The molecule has 0 N–H and O–H groups in total. The normalized spacial score (nSPS) is 13.5. The summed E-state index contributed by atoms with van der Waals surface area (Å²) in [6.45, 7) is 19.8. The van der Waals surface area contributed by atoms with Crippen molar-refractivity contribution in [1.82, 2.24) is 4.98 Å². The van der Waals surface area contributed by atoms with E-state index in [1.807, 2.05) is 36.7 Å². The molecule has 2 aliphatic rings. The van der Waals surface area contributed by atoms with Crippen LogP contribution < -0.4 is 19.4 Å². The number of hydrogen-bond acceptors (Lipinski definition) is 5. The second-order valence-electron chi connectivity index (χ2n) is 16.1. The van der Waals surface area contributed by atoms with Crippen molar-refractivity contribution >= 4 is 28.6 Å². The Morgan fingerprint density at radius 1 is 0.611 bits per heavy atom. The zero-order chi connectivity index (χ0) is 37.1. The van der Waals surface area contributed by atoms with Gasteiger partial charge in [-0.25, -0.2) is 4.98 Å². The summed E-state index contributed by atoms with van der Waals surface area (Å²) in [5, 5.41) is 0. The molecular weight excluding hydrogens is 755 g/mol. The van der Waals surface area contributed by atoms with Crippen LogP contribution >= 0.6 is 0 Å². The maximum absolute atomic E-state index is 6.59. The summed E-state index contributed by atoms with van der Waals surface area (Å²) in [5.74, 6) is 2.04. The van der Waals surface area contributed by atoms with Gasteiger partial charge >= 0.3 is 0 Å². The van der Waals surface area contributed by atoms with Crippen LogP contribution in [0.1, 0.15) is 63.8 Å². The molecule has 8 rings (SSSR count). The van der Waals surface area contributed by atoms with E-state index >= 15 is 0 Å². The molecule has 0 fully saturated rings. The second kappa shape index (κ2) is 14.3. The van der Waals surface area contributed by atoms with E-state index in [2.05, 4.69) is 174 Å². The number of fused-ring (bicyclic) bond motifs is 5. The van der Waals surface area contributed by atoms with Crippen LogP contribution in [0.4, 0.5) is 28.6 Å². The Labute approximate surface area is 334 Å². The summed E-state index contributed by atoms with van der Waals surface area (Å²) < 4.78 is 6.59. The van der Waals surface area contributed by atoms with Crippen molar-refractivity contribution in [2.45, 2.75) is 66.2 Å². The quantitative estimate of drug-likeness (QED) is 0.128. The first kappa shape index (κ1) is 37.2. The molecule has 6 heteroatoms. The van der Waals surface area contributed by atoms with Crippen LogP contribution in [0.5, 0.6) is 11.5 Å². The molecule has 0 saturated heterocycles. The Hall–Kier alpha value is -5.15. The smallest absolute Gasteiger partial charge is 0.135 e. The van der Waals surface area contributed by atoms with Crippen LogP contribution in [0, 0.1) is 32.6 Å². The minimum atomic E-state index is -0.0489. The van der Waals surface area contributed by atoms with Gasteiger partial charge < -0.3 is 19.4 Å². The van der Waals surface area contributed by atoms with E-state index in [0.717, 1.165) is 45.3 Å². The zero-order valence-corrected chi connectivity index (χ0v) is 33.7. The number of pyridine rings is 1. The van der Waals surface area contributed by atoms with E-state index in [4.69, 9.17) is 9.72 Å². The fourth-order valence-electron chi connectivity index (χ4n) is 6.99. The minimum Gasteiger partial charge on any atom is -0.509 e. The van der Waals surface area contributed by atoms with E-state index in [-0.39, 0.29) is 31.3 Å². The van der Waals surface area contributed by atoms with Crippen molar-refractivity contribution in [3.8, 4) is 33.8 Å². The minimum absolute atomic E-state index is 0. The predicted molar refractivity (Wildman–Crippen MR) is 219 cm³/mol. The van der Waals surface area contributed by atoms with Crippen molar-refractivity contribution in [2.75, 3.05) is 14.7 Å². The van der Waals surface area contributed by atoms with Crippen molar-refractivity contribution < 1.29 is 25.2 Å². The van der Waals surface area contributed by atoms with Gasteiger partial charge in [-0.15, -0.1) is 48.3 Å². The van der Waals surface area contributed by atoms with Crippen LogP contribution in [-0.4, -0.2) is 4.98 Å². The fourth-order valence-corrected chi connectivity index (χ4v) is 6.99. The number of aromatic nitrogens is 1. The molecule has 0 spiro atoms. The third-order valence-electron chi connectivity index (χ3n) is 10.2. The van der Waals surface area contributed by atoms with E-state index in [0.29, 0.717) is 11.5 Å². The Balaban J connectivity index is 0.00000450. The topological polar surface area (TPSA) is 31.8 Å². The molecule has 0 unspecified atom stereocenters. The van der Waals surface area contributed by atoms with Gasteiger partial charge in [-0.2, -0.15) is 12.1 Å². The molecule has 0 amide bonds. The number of aryl methyl sites for hydroxylation is 2. The molecule has 5 aromatic carbocycles. The first-order valence-corrected chi connectivity index (χ1v) is 18.3. The first-order chi connectivity index (χ1) is 25.3.